The van der Waals surface area contributed by atoms with Crippen molar-refractivity contribution in [3.8, 4) is 0 Å². The van der Waals surface area contributed by atoms with Crippen LogP contribution in [-0.4, -0.2) is 24.3 Å². The smallest absolute Gasteiger partial charge is 0.314 e. The number of hydrogen-bond acceptors (Lipinski definition) is 2. The van der Waals surface area contributed by atoms with Crippen molar-refractivity contribution in [1.29, 1.82) is 0 Å². The molecule has 1 atom stereocenters. The second-order valence-corrected chi connectivity index (χ2v) is 6.04. The summed E-state index contributed by atoms with van der Waals surface area (Å²) in [5, 5.41) is 9.29. The zero-order valence-corrected chi connectivity index (χ0v) is 11.6. The average molecular weight is 311 g/mol. The fraction of sp³-hybridized carbons (Fsp3) is 0.500. The number of carboxylic acids is 1. The molecule has 1 aromatic carbocycles. The largest absolute Gasteiger partial charge is 0.481 e. The first-order valence-electron chi connectivity index (χ1n) is 6.24. The minimum atomic E-state index is -0.702. The molecule has 0 spiro atoms. The van der Waals surface area contributed by atoms with E-state index in [1.54, 1.807) is 0 Å². The lowest BCUT2D eigenvalue weighted by atomic mass is 9.91. The van der Waals surface area contributed by atoms with Crippen LogP contribution in [0.1, 0.15) is 36.3 Å². The van der Waals surface area contributed by atoms with Crippen molar-refractivity contribution in [2.45, 2.75) is 30.6 Å². The summed E-state index contributed by atoms with van der Waals surface area (Å²) < 4.78 is 6.42. The van der Waals surface area contributed by atoms with E-state index in [0.29, 0.717) is 5.92 Å². The number of aliphatic carboxylic acids is 1. The van der Waals surface area contributed by atoms with Crippen LogP contribution < -0.4 is 0 Å². The lowest BCUT2D eigenvalue weighted by Gasteiger charge is -2.15. The highest BCUT2D eigenvalue weighted by Crippen LogP contribution is 2.49. The van der Waals surface area contributed by atoms with Crippen molar-refractivity contribution in [3.63, 3.8) is 0 Å². The Morgan fingerprint density at radius 2 is 2.22 bits per heavy atom. The van der Waals surface area contributed by atoms with Gasteiger partial charge in [-0.3, -0.25) is 4.79 Å². The van der Waals surface area contributed by atoms with E-state index in [9.17, 15) is 9.90 Å². The highest BCUT2D eigenvalue weighted by Gasteiger charge is 2.51. The molecule has 1 aliphatic heterocycles. The molecule has 2 aliphatic rings. The standard InChI is InChI=1S/C14H15BrO3/c15-12-7-10(14(4-5-14)13(16)17)1-2-11(12)9-3-6-18-8-9/h1-2,7,9H,3-6,8H2,(H,16,17). The molecule has 1 heterocycles. The van der Waals surface area contributed by atoms with Gasteiger partial charge in [-0.15, -0.1) is 0 Å². The quantitative estimate of drug-likeness (QED) is 0.933. The van der Waals surface area contributed by atoms with E-state index in [1.807, 2.05) is 12.1 Å². The molecule has 0 bridgehead atoms. The van der Waals surface area contributed by atoms with Gasteiger partial charge in [-0.05, 0) is 36.5 Å². The third kappa shape index (κ3) is 1.88. The molecule has 4 heteroatoms. The van der Waals surface area contributed by atoms with Gasteiger partial charge in [0.25, 0.3) is 0 Å². The number of ether oxygens (including phenoxy) is 1. The van der Waals surface area contributed by atoms with Crippen LogP contribution in [-0.2, 0) is 14.9 Å². The molecule has 1 N–H and O–H groups in total. The molecule has 1 saturated heterocycles. The number of benzene rings is 1. The molecular formula is C14H15BrO3. The molecule has 2 fully saturated rings. The number of hydrogen-bond donors (Lipinski definition) is 1. The molecule has 0 amide bonds. The summed E-state index contributed by atoms with van der Waals surface area (Å²) >= 11 is 3.58. The maximum Gasteiger partial charge on any atom is 0.314 e. The SMILES string of the molecule is O=C(O)C1(c2ccc(C3CCOC3)c(Br)c2)CC1. The Labute approximate surface area is 114 Å². The fourth-order valence-corrected chi connectivity index (χ4v) is 3.39. The van der Waals surface area contributed by atoms with E-state index in [-0.39, 0.29) is 0 Å². The molecular weight excluding hydrogens is 296 g/mol. The highest BCUT2D eigenvalue weighted by molar-refractivity contribution is 9.10. The molecule has 3 rings (SSSR count). The van der Waals surface area contributed by atoms with E-state index < -0.39 is 11.4 Å². The van der Waals surface area contributed by atoms with Crippen LogP contribution in [0.3, 0.4) is 0 Å². The fourth-order valence-electron chi connectivity index (χ4n) is 2.69. The Kier molecular flexibility index (Phi) is 2.94. The first-order chi connectivity index (χ1) is 8.63. The normalized spacial score (nSPS) is 25.1. The molecule has 0 radical (unpaired) electrons. The Morgan fingerprint density at radius 1 is 1.44 bits per heavy atom. The van der Waals surface area contributed by atoms with Crippen LogP contribution in [0.5, 0.6) is 0 Å². The van der Waals surface area contributed by atoms with Gasteiger partial charge in [0.2, 0.25) is 0 Å². The predicted octanol–water partition coefficient (Wildman–Crippen LogP) is 3.07. The summed E-state index contributed by atoms with van der Waals surface area (Å²) in [7, 11) is 0. The molecule has 1 aliphatic carbocycles. The van der Waals surface area contributed by atoms with Gasteiger partial charge in [-0.2, -0.15) is 0 Å². The highest BCUT2D eigenvalue weighted by atomic mass is 79.9. The van der Waals surface area contributed by atoms with Gasteiger partial charge in [-0.25, -0.2) is 0 Å². The Bertz CT molecular complexity index is 488. The molecule has 3 nitrogen and oxygen atoms in total. The number of carbonyl (C=O) groups is 1. The molecule has 1 unspecified atom stereocenters. The molecule has 18 heavy (non-hydrogen) atoms. The Balaban J connectivity index is 1.92. The molecule has 0 aromatic heterocycles. The van der Waals surface area contributed by atoms with Crippen LogP contribution in [0.4, 0.5) is 0 Å². The maximum atomic E-state index is 11.3. The van der Waals surface area contributed by atoms with Crippen LogP contribution in [0.25, 0.3) is 0 Å². The minimum absolute atomic E-state index is 0.438. The second-order valence-electron chi connectivity index (χ2n) is 5.18. The van der Waals surface area contributed by atoms with Crippen molar-refractivity contribution in [2.75, 3.05) is 13.2 Å². The monoisotopic (exact) mass is 310 g/mol. The van der Waals surface area contributed by atoms with Gasteiger partial charge in [0.15, 0.2) is 0 Å². The summed E-state index contributed by atoms with van der Waals surface area (Å²) in [5.74, 6) is -0.264. The van der Waals surface area contributed by atoms with Crippen LogP contribution >= 0.6 is 15.9 Å². The van der Waals surface area contributed by atoms with Crippen LogP contribution in [0, 0.1) is 0 Å². The summed E-state index contributed by atoms with van der Waals surface area (Å²) in [6, 6.07) is 6.01. The van der Waals surface area contributed by atoms with Crippen LogP contribution in [0.2, 0.25) is 0 Å². The third-order valence-corrected chi connectivity index (χ3v) is 4.77. The minimum Gasteiger partial charge on any atom is -0.481 e. The summed E-state index contributed by atoms with van der Waals surface area (Å²) in [6.45, 7) is 1.58. The third-order valence-electron chi connectivity index (χ3n) is 4.08. The first kappa shape index (κ1) is 12.2. The topological polar surface area (TPSA) is 46.5 Å². The van der Waals surface area contributed by atoms with Gasteiger partial charge in [0.1, 0.15) is 0 Å². The predicted molar refractivity (Wildman–Crippen MR) is 70.9 cm³/mol. The average Bonchev–Trinajstić information content (AvgIpc) is 2.99. The van der Waals surface area contributed by atoms with Crippen molar-refractivity contribution >= 4 is 21.9 Å². The molecule has 1 aromatic rings. The van der Waals surface area contributed by atoms with E-state index in [0.717, 1.165) is 42.5 Å². The number of rotatable bonds is 3. The van der Waals surface area contributed by atoms with Gasteiger partial charge in [0.05, 0.1) is 12.0 Å². The van der Waals surface area contributed by atoms with Crippen molar-refractivity contribution < 1.29 is 14.6 Å². The van der Waals surface area contributed by atoms with Crippen LogP contribution in [0.15, 0.2) is 22.7 Å². The summed E-state index contributed by atoms with van der Waals surface area (Å²) in [4.78, 5) is 11.3. The first-order valence-corrected chi connectivity index (χ1v) is 7.04. The van der Waals surface area contributed by atoms with Crippen molar-refractivity contribution in [3.05, 3.63) is 33.8 Å². The van der Waals surface area contributed by atoms with Gasteiger partial charge < -0.3 is 9.84 Å². The second kappa shape index (κ2) is 4.35. The Morgan fingerprint density at radius 3 is 2.72 bits per heavy atom. The summed E-state index contributed by atoms with van der Waals surface area (Å²) in [5.41, 5.74) is 1.54. The lowest BCUT2D eigenvalue weighted by molar-refractivity contribution is -0.140. The Hall–Kier alpha value is -0.870. The van der Waals surface area contributed by atoms with E-state index in [1.165, 1.54) is 5.56 Å². The van der Waals surface area contributed by atoms with Crippen molar-refractivity contribution in [2.24, 2.45) is 0 Å². The van der Waals surface area contributed by atoms with Crippen molar-refractivity contribution in [1.82, 2.24) is 0 Å². The van der Waals surface area contributed by atoms with E-state index in [2.05, 4.69) is 22.0 Å². The van der Waals surface area contributed by atoms with E-state index >= 15 is 0 Å². The number of halogens is 1. The van der Waals surface area contributed by atoms with E-state index in [4.69, 9.17) is 4.74 Å². The summed E-state index contributed by atoms with van der Waals surface area (Å²) in [6.07, 6.45) is 2.54. The van der Waals surface area contributed by atoms with Gasteiger partial charge >= 0.3 is 5.97 Å². The van der Waals surface area contributed by atoms with Gasteiger partial charge in [-0.1, -0.05) is 28.1 Å². The zero-order valence-electron chi connectivity index (χ0n) is 9.99. The molecule has 96 valence electrons. The lowest BCUT2D eigenvalue weighted by Crippen LogP contribution is -2.19. The molecule has 1 saturated carbocycles. The number of carboxylic acid groups (broad SMARTS) is 1. The zero-order chi connectivity index (χ0) is 12.8. The van der Waals surface area contributed by atoms with Gasteiger partial charge in [0, 0.05) is 17.0 Å². The maximum absolute atomic E-state index is 11.3.